The van der Waals surface area contributed by atoms with E-state index < -0.39 is 7.12 Å². The number of rotatable bonds is 6. The second kappa shape index (κ2) is 7.60. The normalized spacial score (nSPS) is 29.8. The van der Waals surface area contributed by atoms with Gasteiger partial charge in [-0.05, 0) is 50.5 Å². The smallest absolute Gasteiger partial charge is 0.427 e. The van der Waals surface area contributed by atoms with Crippen LogP contribution in [0.2, 0.25) is 6.32 Å². The molecule has 110 valence electrons. The molecule has 0 saturated carbocycles. The molecule has 5 N–H and O–H groups in total. The van der Waals surface area contributed by atoms with Gasteiger partial charge in [-0.1, -0.05) is 6.42 Å². The minimum Gasteiger partial charge on any atom is -0.427 e. The maximum Gasteiger partial charge on any atom is 0.451 e. The highest BCUT2D eigenvalue weighted by Crippen LogP contribution is 2.24. The van der Waals surface area contributed by atoms with Crippen molar-refractivity contribution in [3.63, 3.8) is 0 Å². The monoisotopic (exact) mass is 269 g/mol. The van der Waals surface area contributed by atoms with Gasteiger partial charge in [0.05, 0.1) is 0 Å². The Morgan fingerprint density at radius 1 is 1.21 bits per heavy atom. The average molecular weight is 269 g/mol. The SMILES string of the molecule is N[C@H]1CN(CC2CCNCC2)C[C@@H]1CCCB(O)O. The molecule has 0 amide bonds. The van der Waals surface area contributed by atoms with E-state index in [9.17, 15) is 0 Å². The van der Waals surface area contributed by atoms with Crippen LogP contribution in [0.5, 0.6) is 0 Å². The third-order valence-electron chi connectivity index (χ3n) is 4.58. The van der Waals surface area contributed by atoms with E-state index in [1.165, 1.54) is 19.4 Å². The lowest BCUT2D eigenvalue weighted by Gasteiger charge is -2.27. The summed E-state index contributed by atoms with van der Waals surface area (Å²) in [6, 6.07) is 0.262. The second-order valence-corrected chi connectivity index (χ2v) is 6.25. The summed E-state index contributed by atoms with van der Waals surface area (Å²) in [5.41, 5.74) is 6.21. The van der Waals surface area contributed by atoms with Gasteiger partial charge in [0.1, 0.15) is 0 Å². The summed E-state index contributed by atoms with van der Waals surface area (Å²) in [5, 5.41) is 21.1. The Bertz CT molecular complexity index is 262. The molecule has 0 aromatic rings. The summed E-state index contributed by atoms with van der Waals surface area (Å²) < 4.78 is 0. The molecular formula is C13H28BN3O2. The third kappa shape index (κ3) is 5.04. The summed E-state index contributed by atoms with van der Waals surface area (Å²) in [7, 11) is -1.16. The lowest BCUT2D eigenvalue weighted by Crippen LogP contribution is -2.36. The molecule has 0 radical (unpaired) electrons. The van der Waals surface area contributed by atoms with E-state index >= 15 is 0 Å². The van der Waals surface area contributed by atoms with Crippen LogP contribution in [0.4, 0.5) is 0 Å². The molecule has 5 nitrogen and oxygen atoms in total. The third-order valence-corrected chi connectivity index (χ3v) is 4.58. The highest BCUT2D eigenvalue weighted by Gasteiger charge is 2.31. The van der Waals surface area contributed by atoms with Crippen molar-refractivity contribution in [3.8, 4) is 0 Å². The Labute approximate surface area is 116 Å². The zero-order chi connectivity index (χ0) is 13.7. The Morgan fingerprint density at radius 2 is 1.95 bits per heavy atom. The summed E-state index contributed by atoms with van der Waals surface area (Å²) in [4.78, 5) is 2.51. The van der Waals surface area contributed by atoms with E-state index in [0.717, 1.165) is 44.9 Å². The van der Waals surface area contributed by atoms with Crippen LogP contribution in [0.1, 0.15) is 25.7 Å². The summed E-state index contributed by atoms with van der Waals surface area (Å²) in [6.45, 7) is 5.60. The zero-order valence-electron chi connectivity index (χ0n) is 11.8. The van der Waals surface area contributed by atoms with Crippen molar-refractivity contribution in [3.05, 3.63) is 0 Å². The van der Waals surface area contributed by atoms with Gasteiger partial charge in [0.2, 0.25) is 0 Å². The molecular weight excluding hydrogens is 241 g/mol. The average Bonchev–Trinajstić information content (AvgIpc) is 2.70. The molecule has 19 heavy (non-hydrogen) atoms. The Hall–Kier alpha value is -0.135. The molecule has 2 atom stereocenters. The van der Waals surface area contributed by atoms with E-state index in [1.807, 2.05) is 0 Å². The quantitative estimate of drug-likeness (QED) is 0.489. The van der Waals surface area contributed by atoms with E-state index in [1.54, 1.807) is 0 Å². The van der Waals surface area contributed by atoms with E-state index in [0.29, 0.717) is 12.2 Å². The predicted molar refractivity (Wildman–Crippen MR) is 77.7 cm³/mol. The van der Waals surface area contributed by atoms with Gasteiger partial charge in [0.15, 0.2) is 0 Å². The van der Waals surface area contributed by atoms with Crippen LogP contribution in [-0.2, 0) is 0 Å². The first kappa shape index (κ1) is 15.3. The van der Waals surface area contributed by atoms with Crippen molar-refractivity contribution in [2.24, 2.45) is 17.6 Å². The lowest BCUT2D eigenvalue weighted by atomic mass is 9.82. The summed E-state index contributed by atoms with van der Waals surface area (Å²) >= 11 is 0. The largest absolute Gasteiger partial charge is 0.451 e. The molecule has 0 bridgehead atoms. The predicted octanol–water partition coefficient (Wildman–Crippen LogP) is -0.502. The van der Waals surface area contributed by atoms with Crippen molar-refractivity contribution >= 4 is 7.12 Å². The van der Waals surface area contributed by atoms with Crippen molar-refractivity contribution in [2.45, 2.75) is 38.0 Å². The maximum atomic E-state index is 8.87. The summed E-state index contributed by atoms with van der Waals surface area (Å²) in [5.74, 6) is 1.35. The fourth-order valence-electron chi connectivity index (χ4n) is 3.44. The number of likely N-dealkylation sites (tertiary alicyclic amines) is 1. The van der Waals surface area contributed by atoms with Gasteiger partial charge in [-0.25, -0.2) is 0 Å². The highest BCUT2D eigenvalue weighted by molar-refractivity contribution is 6.40. The molecule has 0 spiro atoms. The second-order valence-electron chi connectivity index (χ2n) is 6.25. The van der Waals surface area contributed by atoms with Crippen LogP contribution in [0.25, 0.3) is 0 Å². The molecule has 2 fully saturated rings. The first-order chi connectivity index (χ1) is 9.15. The maximum absolute atomic E-state index is 8.87. The van der Waals surface area contributed by atoms with Gasteiger partial charge in [0, 0.05) is 25.7 Å². The van der Waals surface area contributed by atoms with Crippen molar-refractivity contribution < 1.29 is 10.0 Å². The molecule has 0 aromatic carbocycles. The van der Waals surface area contributed by atoms with Gasteiger partial charge in [-0.3, -0.25) is 0 Å². The standard InChI is InChI=1S/C13H28BN3O2/c15-13-10-17(8-11-3-6-16-7-4-11)9-12(13)2-1-5-14(18)19/h11-13,16,18-19H,1-10,15H2/t12-,13-/m0/s1. The van der Waals surface area contributed by atoms with Gasteiger partial charge in [-0.15, -0.1) is 0 Å². The van der Waals surface area contributed by atoms with Crippen LogP contribution in [0.3, 0.4) is 0 Å². The molecule has 2 saturated heterocycles. The van der Waals surface area contributed by atoms with Crippen LogP contribution in [0, 0.1) is 11.8 Å². The van der Waals surface area contributed by atoms with Crippen molar-refractivity contribution in [2.75, 3.05) is 32.7 Å². The Balaban J connectivity index is 1.67. The molecule has 0 aromatic heterocycles. The van der Waals surface area contributed by atoms with Gasteiger partial charge >= 0.3 is 7.12 Å². The molecule has 2 aliphatic heterocycles. The number of nitrogens with zero attached hydrogens (tertiary/aromatic N) is 1. The number of hydrogen-bond acceptors (Lipinski definition) is 5. The first-order valence-corrected chi connectivity index (χ1v) is 7.70. The van der Waals surface area contributed by atoms with Gasteiger partial charge in [-0.2, -0.15) is 0 Å². The van der Waals surface area contributed by atoms with Crippen LogP contribution in [0.15, 0.2) is 0 Å². The Kier molecular flexibility index (Phi) is 6.10. The zero-order valence-corrected chi connectivity index (χ0v) is 11.8. The number of hydrogen-bond donors (Lipinski definition) is 4. The molecule has 0 aliphatic carbocycles. The van der Waals surface area contributed by atoms with Crippen molar-refractivity contribution in [1.82, 2.24) is 10.2 Å². The lowest BCUT2D eigenvalue weighted by molar-refractivity contribution is 0.232. The number of nitrogens with one attached hydrogen (secondary N) is 1. The molecule has 6 heteroatoms. The fourth-order valence-corrected chi connectivity index (χ4v) is 3.44. The highest BCUT2D eigenvalue weighted by atomic mass is 16.4. The topological polar surface area (TPSA) is 81.8 Å². The minimum absolute atomic E-state index is 0.262. The molecule has 2 heterocycles. The first-order valence-electron chi connectivity index (χ1n) is 7.70. The summed E-state index contributed by atoms with van der Waals surface area (Å²) in [6.07, 6.45) is 4.91. The van der Waals surface area contributed by atoms with E-state index in [4.69, 9.17) is 15.8 Å². The minimum atomic E-state index is -1.16. The van der Waals surface area contributed by atoms with Gasteiger partial charge in [0.25, 0.3) is 0 Å². The number of nitrogens with two attached hydrogens (primary N) is 1. The van der Waals surface area contributed by atoms with Gasteiger partial charge < -0.3 is 26.0 Å². The van der Waals surface area contributed by atoms with E-state index in [-0.39, 0.29) is 6.04 Å². The fraction of sp³-hybridized carbons (Fsp3) is 1.00. The van der Waals surface area contributed by atoms with E-state index in [2.05, 4.69) is 10.2 Å². The van der Waals surface area contributed by atoms with Crippen LogP contribution >= 0.6 is 0 Å². The van der Waals surface area contributed by atoms with Crippen molar-refractivity contribution in [1.29, 1.82) is 0 Å². The molecule has 2 aliphatic rings. The van der Waals surface area contributed by atoms with Crippen LogP contribution < -0.4 is 11.1 Å². The molecule has 2 rings (SSSR count). The Morgan fingerprint density at radius 3 is 2.63 bits per heavy atom. The number of piperidine rings is 1. The van der Waals surface area contributed by atoms with Crippen LogP contribution in [-0.4, -0.2) is 60.8 Å². The molecule has 0 unspecified atom stereocenters.